The van der Waals surface area contributed by atoms with Gasteiger partial charge in [-0.2, -0.15) is 5.10 Å². The number of nitrogens with zero attached hydrogens (tertiary/aromatic N) is 1. The maximum Gasteiger partial charge on any atom is 0.241 e. The molecular formula is C12H16N4O. The van der Waals surface area contributed by atoms with Crippen LogP contribution in [0.3, 0.4) is 0 Å². The van der Waals surface area contributed by atoms with E-state index in [2.05, 4.69) is 15.5 Å². The number of aromatic amines is 1. The Labute approximate surface area is 99.4 Å². The van der Waals surface area contributed by atoms with E-state index in [9.17, 15) is 4.79 Å². The molecule has 0 saturated heterocycles. The summed E-state index contributed by atoms with van der Waals surface area (Å²) in [5.74, 6) is -0.147. The second-order valence-corrected chi connectivity index (χ2v) is 4.06. The molecule has 1 atom stereocenters. The second-order valence-electron chi connectivity index (χ2n) is 4.06. The van der Waals surface area contributed by atoms with Gasteiger partial charge in [0.25, 0.3) is 0 Å². The number of carbonyl (C=O) groups is 1. The first-order chi connectivity index (χ1) is 8.20. The molecule has 5 heteroatoms. The molecular weight excluding hydrogens is 216 g/mol. The van der Waals surface area contributed by atoms with E-state index in [0.717, 1.165) is 23.0 Å². The van der Waals surface area contributed by atoms with E-state index in [4.69, 9.17) is 5.73 Å². The monoisotopic (exact) mass is 232 g/mol. The lowest BCUT2D eigenvalue weighted by molar-refractivity contribution is -0.117. The fourth-order valence-corrected chi connectivity index (χ4v) is 1.69. The van der Waals surface area contributed by atoms with Gasteiger partial charge in [0.1, 0.15) is 0 Å². The van der Waals surface area contributed by atoms with E-state index < -0.39 is 6.04 Å². The molecule has 1 aromatic heterocycles. The SMILES string of the molecule is CCC[C@H](N)C(=O)Nc1ccc2cn[nH]c2c1. The summed E-state index contributed by atoms with van der Waals surface area (Å²) in [6.07, 6.45) is 3.33. The molecule has 0 unspecified atom stereocenters. The maximum absolute atomic E-state index is 11.7. The molecule has 5 nitrogen and oxygen atoms in total. The van der Waals surface area contributed by atoms with Crippen LogP contribution in [0.1, 0.15) is 19.8 Å². The van der Waals surface area contributed by atoms with Crippen LogP contribution in [0.15, 0.2) is 24.4 Å². The number of amides is 1. The van der Waals surface area contributed by atoms with Crippen molar-refractivity contribution < 1.29 is 4.79 Å². The third-order valence-electron chi connectivity index (χ3n) is 2.65. The first-order valence-corrected chi connectivity index (χ1v) is 5.70. The lowest BCUT2D eigenvalue weighted by Gasteiger charge is -2.11. The summed E-state index contributed by atoms with van der Waals surface area (Å²) in [6, 6.07) is 5.14. The van der Waals surface area contributed by atoms with Gasteiger partial charge < -0.3 is 11.1 Å². The molecule has 0 saturated carbocycles. The zero-order valence-electron chi connectivity index (χ0n) is 9.73. The number of nitrogens with two attached hydrogens (primary N) is 1. The average molecular weight is 232 g/mol. The van der Waals surface area contributed by atoms with Crippen molar-refractivity contribution in [1.29, 1.82) is 0 Å². The van der Waals surface area contributed by atoms with Gasteiger partial charge in [0.15, 0.2) is 0 Å². The highest BCUT2D eigenvalue weighted by atomic mass is 16.2. The lowest BCUT2D eigenvalue weighted by Crippen LogP contribution is -2.35. The molecule has 2 rings (SSSR count). The Morgan fingerprint density at radius 2 is 2.41 bits per heavy atom. The highest BCUT2D eigenvalue weighted by Crippen LogP contribution is 2.16. The Hall–Kier alpha value is -1.88. The van der Waals surface area contributed by atoms with Gasteiger partial charge in [0.2, 0.25) is 5.91 Å². The van der Waals surface area contributed by atoms with Crippen LogP contribution < -0.4 is 11.1 Å². The molecule has 1 aromatic carbocycles. The van der Waals surface area contributed by atoms with E-state index in [1.54, 1.807) is 6.20 Å². The first kappa shape index (κ1) is 11.6. The molecule has 0 aliphatic heterocycles. The summed E-state index contributed by atoms with van der Waals surface area (Å²) >= 11 is 0. The number of hydrogen-bond acceptors (Lipinski definition) is 3. The van der Waals surface area contributed by atoms with Gasteiger partial charge in [-0.25, -0.2) is 0 Å². The van der Waals surface area contributed by atoms with Crippen molar-refractivity contribution in [3.8, 4) is 0 Å². The predicted molar refractivity (Wildman–Crippen MR) is 67.6 cm³/mol. The van der Waals surface area contributed by atoms with Crippen LogP contribution in [0.4, 0.5) is 5.69 Å². The zero-order valence-corrected chi connectivity index (χ0v) is 9.73. The zero-order chi connectivity index (χ0) is 12.3. The van der Waals surface area contributed by atoms with Crippen molar-refractivity contribution in [1.82, 2.24) is 10.2 Å². The summed E-state index contributed by atoms with van der Waals surface area (Å²) in [6.45, 7) is 2.00. The molecule has 17 heavy (non-hydrogen) atoms. The minimum absolute atomic E-state index is 0.147. The van der Waals surface area contributed by atoms with Crippen molar-refractivity contribution in [2.75, 3.05) is 5.32 Å². The van der Waals surface area contributed by atoms with E-state index >= 15 is 0 Å². The molecule has 4 N–H and O–H groups in total. The van der Waals surface area contributed by atoms with Gasteiger partial charge in [-0.15, -0.1) is 0 Å². The lowest BCUT2D eigenvalue weighted by atomic mass is 10.1. The van der Waals surface area contributed by atoms with Crippen molar-refractivity contribution in [3.05, 3.63) is 24.4 Å². The van der Waals surface area contributed by atoms with Gasteiger partial charge in [-0.3, -0.25) is 9.89 Å². The molecule has 0 fully saturated rings. The number of rotatable bonds is 4. The van der Waals surface area contributed by atoms with E-state index in [1.165, 1.54) is 0 Å². The average Bonchev–Trinajstić information content (AvgIpc) is 2.76. The summed E-state index contributed by atoms with van der Waals surface area (Å²) in [4.78, 5) is 11.7. The molecule has 2 aromatic rings. The summed E-state index contributed by atoms with van der Waals surface area (Å²) in [5, 5.41) is 10.6. The van der Waals surface area contributed by atoms with Crippen LogP contribution in [-0.2, 0) is 4.79 Å². The number of carbonyl (C=O) groups excluding carboxylic acids is 1. The summed E-state index contributed by atoms with van der Waals surface area (Å²) < 4.78 is 0. The normalized spacial score (nSPS) is 12.6. The van der Waals surface area contributed by atoms with Gasteiger partial charge in [0, 0.05) is 11.1 Å². The Bertz CT molecular complexity index is 520. The summed E-state index contributed by atoms with van der Waals surface area (Å²) in [5.41, 5.74) is 7.37. The number of fused-ring (bicyclic) bond motifs is 1. The molecule has 90 valence electrons. The van der Waals surface area contributed by atoms with Crippen LogP contribution in [0.5, 0.6) is 0 Å². The smallest absolute Gasteiger partial charge is 0.241 e. The highest BCUT2D eigenvalue weighted by Gasteiger charge is 2.12. The first-order valence-electron chi connectivity index (χ1n) is 5.70. The third kappa shape index (κ3) is 2.62. The number of benzene rings is 1. The summed E-state index contributed by atoms with van der Waals surface area (Å²) in [7, 11) is 0. The Morgan fingerprint density at radius 3 is 3.18 bits per heavy atom. The largest absolute Gasteiger partial charge is 0.325 e. The number of H-pyrrole nitrogens is 1. The Morgan fingerprint density at radius 1 is 1.59 bits per heavy atom. The van der Waals surface area contributed by atoms with E-state index in [1.807, 2.05) is 25.1 Å². The standard InChI is InChI=1S/C12H16N4O/c1-2-3-10(13)12(17)15-9-5-4-8-7-14-16-11(8)6-9/h4-7,10H,2-3,13H2,1H3,(H,14,16)(H,15,17)/t10-/m0/s1. The maximum atomic E-state index is 11.7. The fraction of sp³-hybridized carbons (Fsp3) is 0.333. The molecule has 0 radical (unpaired) electrons. The van der Waals surface area contributed by atoms with Gasteiger partial charge in [-0.05, 0) is 24.6 Å². The van der Waals surface area contributed by atoms with E-state index in [-0.39, 0.29) is 5.91 Å². The fourth-order valence-electron chi connectivity index (χ4n) is 1.69. The van der Waals surface area contributed by atoms with Crippen LogP contribution in [-0.4, -0.2) is 22.1 Å². The van der Waals surface area contributed by atoms with E-state index in [0.29, 0.717) is 6.42 Å². The molecule has 0 aliphatic carbocycles. The van der Waals surface area contributed by atoms with Gasteiger partial charge in [-0.1, -0.05) is 13.3 Å². The van der Waals surface area contributed by atoms with Crippen LogP contribution >= 0.6 is 0 Å². The van der Waals surface area contributed by atoms with Crippen molar-refractivity contribution >= 4 is 22.5 Å². The van der Waals surface area contributed by atoms with Gasteiger partial charge >= 0.3 is 0 Å². The second kappa shape index (κ2) is 4.97. The molecule has 0 spiro atoms. The van der Waals surface area contributed by atoms with Crippen molar-refractivity contribution in [2.45, 2.75) is 25.8 Å². The number of nitrogens with one attached hydrogen (secondary N) is 2. The third-order valence-corrected chi connectivity index (χ3v) is 2.65. The molecule has 1 amide bonds. The van der Waals surface area contributed by atoms with Crippen molar-refractivity contribution in [3.63, 3.8) is 0 Å². The van der Waals surface area contributed by atoms with Crippen LogP contribution in [0.2, 0.25) is 0 Å². The molecule has 0 aliphatic rings. The molecule has 1 heterocycles. The Kier molecular flexibility index (Phi) is 3.39. The minimum atomic E-state index is -0.447. The van der Waals surface area contributed by atoms with Crippen LogP contribution in [0, 0.1) is 0 Å². The predicted octanol–water partition coefficient (Wildman–Crippen LogP) is 1.63. The molecule has 0 bridgehead atoms. The van der Waals surface area contributed by atoms with Gasteiger partial charge in [0.05, 0.1) is 17.8 Å². The minimum Gasteiger partial charge on any atom is -0.325 e. The number of hydrogen-bond donors (Lipinski definition) is 3. The highest BCUT2D eigenvalue weighted by molar-refractivity contribution is 5.96. The quantitative estimate of drug-likeness (QED) is 0.749. The number of aromatic nitrogens is 2. The van der Waals surface area contributed by atoms with Crippen molar-refractivity contribution in [2.24, 2.45) is 5.73 Å². The topological polar surface area (TPSA) is 83.8 Å². The Balaban J connectivity index is 2.09. The van der Waals surface area contributed by atoms with Crippen LogP contribution in [0.25, 0.3) is 10.9 Å². The number of anilines is 1.